The monoisotopic (exact) mass is 309 g/mol. The SMILES string of the molecule is Cc1ccn(CCS(=O)(=O)c2ccc(C(N)=S)cc2)n1. The molecule has 0 aliphatic heterocycles. The van der Waals surface area contributed by atoms with E-state index < -0.39 is 9.84 Å². The van der Waals surface area contributed by atoms with Crippen molar-refractivity contribution in [2.45, 2.75) is 18.4 Å². The summed E-state index contributed by atoms with van der Waals surface area (Å²) in [7, 11) is -3.34. The highest BCUT2D eigenvalue weighted by Gasteiger charge is 2.14. The molecule has 1 heterocycles. The number of rotatable bonds is 5. The molecule has 0 saturated carbocycles. The molecule has 0 spiro atoms. The summed E-state index contributed by atoms with van der Waals surface area (Å²) in [5, 5.41) is 4.16. The Morgan fingerprint density at radius 3 is 2.45 bits per heavy atom. The van der Waals surface area contributed by atoms with Gasteiger partial charge >= 0.3 is 0 Å². The Bertz CT molecular complexity index is 718. The molecular formula is C13H15N3O2S2. The molecule has 2 aromatic rings. The number of thiocarbonyl (C=S) groups is 1. The van der Waals surface area contributed by atoms with Crippen LogP contribution in [0.15, 0.2) is 41.4 Å². The van der Waals surface area contributed by atoms with Crippen LogP contribution < -0.4 is 5.73 Å². The maximum atomic E-state index is 12.2. The van der Waals surface area contributed by atoms with Crippen LogP contribution in [0.4, 0.5) is 0 Å². The minimum Gasteiger partial charge on any atom is -0.389 e. The van der Waals surface area contributed by atoms with Gasteiger partial charge in [-0.3, -0.25) is 4.68 Å². The second-order valence-electron chi connectivity index (χ2n) is 4.43. The first-order valence-electron chi connectivity index (χ1n) is 6.01. The molecule has 2 N–H and O–H groups in total. The number of nitrogens with two attached hydrogens (primary N) is 1. The molecule has 0 radical (unpaired) electrons. The van der Waals surface area contributed by atoms with Gasteiger partial charge in [-0.05, 0) is 25.1 Å². The Morgan fingerprint density at radius 2 is 1.95 bits per heavy atom. The van der Waals surface area contributed by atoms with Crippen LogP contribution in [0.2, 0.25) is 0 Å². The summed E-state index contributed by atoms with van der Waals surface area (Å²) in [5.74, 6) is 0.000534. The van der Waals surface area contributed by atoms with Gasteiger partial charge in [-0.25, -0.2) is 8.42 Å². The average Bonchev–Trinajstić information content (AvgIpc) is 2.82. The van der Waals surface area contributed by atoms with Gasteiger partial charge in [0.2, 0.25) is 0 Å². The van der Waals surface area contributed by atoms with E-state index in [0.717, 1.165) is 5.69 Å². The van der Waals surface area contributed by atoms with Crippen LogP contribution in [0, 0.1) is 6.92 Å². The summed E-state index contributed by atoms with van der Waals surface area (Å²) < 4.78 is 26.0. The Labute approximate surface area is 123 Å². The highest BCUT2D eigenvalue weighted by Crippen LogP contribution is 2.13. The van der Waals surface area contributed by atoms with E-state index in [1.165, 1.54) is 12.1 Å². The van der Waals surface area contributed by atoms with E-state index in [-0.39, 0.29) is 15.6 Å². The van der Waals surface area contributed by atoms with Crippen LogP contribution in [0.5, 0.6) is 0 Å². The molecule has 7 heteroatoms. The number of hydrogen-bond acceptors (Lipinski definition) is 4. The average molecular weight is 309 g/mol. The summed E-state index contributed by atoms with van der Waals surface area (Å²) in [6, 6.07) is 8.13. The lowest BCUT2D eigenvalue weighted by atomic mass is 10.2. The molecule has 0 aliphatic carbocycles. The number of nitrogens with zero attached hydrogens (tertiary/aromatic N) is 2. The van der Waals surface area contributed by atoms with Crippen LogP contribution >= 0.6 is 12.2 Å². The van der Waals surface area contributed by atoms with Gasteiger partial charge in [0.05, 0.1) is 22.9 Å². The van der Waals surface area contributed by atoms with Gasteiger partial charge in [0.15, 0.2) is 9.84 Å². The van der Waals surface area contributed by atoms with Crippen LogP contribution in [0.3, 0.4) is 0 Å². The van der Waals surface area contributed by atoms with Crippen molar-refractivity contribution in [1.82, 2.24) is 9.78 Å². The minimum atomic E-state index is -3.34. The fourth-order valence-corrected chi connectivity index (χ4v) is 3.10. The van der Waals surface area contributed by atoms with E-state index in [9.17, 15) is 8.42 Å². The molecule has 0 saturated heterocycles. The van der Waals surface area contributed by atoms with Crippen molar-refractivity contribution >= 4 is 27.0 Å². The molecule has 0 atom stereocenters. The third-order valence-electron chi connectivity index (χ3n) is 2.86. The Morgan fingerprint density at radius 1 is 1.30 bits per heavy atom. The molecule has 0 bridgehead atoms. The van der Waals surface area contributed by atoms with E-state index in [2.05, 4.69) is 5.10 Å². The first-order chi connectivity index (χ1) is 9.38. The quantitative estimate of drug-likeness (QED) is 0.842. The van der Waals surface area contributed by atoms with Crippen molar-refractivity contribution in [3.8, 4) is 0 Å². The Balaban J connectivity index is 2.11. The zero-order valence-corrected chi connectivity index (χ0v) is 12.6. The van der Waals surface area contributed by atoms with Gasteiger partial charge in [0, 0.05) is 11.8 Å². The Kier molecular flexibility index (Phi) is 4.20. The summed E-state index contributed by atoms with van der Waals surface area (Å²) in [4.78, 5) is 0.516. The maximum Gasteiger partial charge on any atom is 0.180 e. The van der Waals surface area contributed by atoms with Crippen molar-refractivity contribution < 1.29 is 8.42 Å². The Hall–Kier alpha value is -1.73. The normalized spacial score (nSPS) is 11.4. The molecule has 20 heavy (non-hydrogen) atoms. The van der Waals surface area contributed by atoms with Gasteiger partial charge in [-0.2, -0.15) is 5.10 Å². The van der Waals surface area contributed by atoms with Crippen LogP contribution in [-0.4, -0.2) is 28.9 Å². The minimum absolute atomic E-state index is 0.000534. The molecule has 0 fully saturated rings. The second kappa shape index (κ2) is 5.72. The lowest BCUT2D eigenvalue weighted by Crippen LogP contribution is -2.14. The van der Waals surface area contributed by atoms with E-state index >= 15 is 0 Å². The molecule has 0 aliphatic rings. The molecule has 1 aromatic heterocycles. The van der Waals surface area contributed by atoms with Gasteiger partial charge in [-0.1, -0.05) is 24.4 Å². The van der Waals surface area contributed by atoms with Crippen molar-refractivity contribution in [1.29, 1.82) is 0 Å². The van der Waals surface area contributed by atoms with Gasteiger partial charge in [0.25, 0.3) is 0 Å². The van der Waals surface area contributed by atoms with Crippen molar-refractivity contribution in [3.05, 3.63) is 47.8 Å². The van der Waals surface area contributed by atoms with Crippen LogP contribution in [0.25, 0.3) is 0 Å². The highest BCUT2D eigenvalue weighted by molar-refractivity contribution is 7.91. The van der Waals surface area contributed by atoms with Gasteiger partial charge < -0.3 is 5.73 Å². The zero-order chi connectivity index (χ0) is 14.8. The summed E-state index contributed by atoms with van der Waals surface area (Å²) in [6.07, 6.45) is 1.76. The molecular weight excluding hydrogens is 294 g/mol. The predicted molar refractivity (Wildman–Crippen MR) is 81.3 cm³/mol. The van der Waals surface area contributed by atoms with Gasteiger partial charge in [0.1, 0.15) is 4.99 Å². The molecule has 106 valence electrons. The van der Waals surface area contributed by atoms with E-state index in [0.29, 0.717) is 12.1 Å². The fraction of sp³-hybridized carbons (Fsp3) is 0.231. The topological polar surface area (TPSA) is 78.0 Å². The van der Waals surface area contributed by atoms with Gasteiger partial charge in [-0.15, -0.1) is 0 Å². The lowest BCUT2D eigenvalue weighted by Gasteiger charge is -2.06. The molecule has 2 rings (SSSR count). The number of benzene rings is 1. The fourth-order valence-electron chi connectivity index (χ4n) is 1.75. The highest BCUT2D eigenvalue weighted by atomic mass is 32.2. The number of aromatic nitrogens is 2. The maximum absolute atomic E-state index is 12.2. The number of hydrogen-bond donors (Lipinski definition) is 1. The third kappa shape index (κ3) is 3.43. The third-order valence-corrected chi connectivity index (χ3v) is 4.81. The molecule has 0 unspecified atom stereocenters. The van der Waals surface area contributed by atoms with E-state index in [1.807, 2.05) is 13.0 Å². The molecule has 1 aromatic carbocycles. The smallest absolute Gasteiger partial charge is 0.180 e. The van der Waals surface area contributed by atoms with E-state index in [4.69, 9.17) is 18.0 Å². The first kappa shape index (κ1) is 14.7. The second-order valence-corrected chi connectivity index (χ2v) is 6.98. The summed E-state index contributed by atoms with van der Waals surface area (Å²) >= 11 is 4.83. The van der Waals surface area contributed by atoms with Crippen molar-refractivity contribution in [2.75, 3.05) is 5.75 Å². The number of aryl methyl sites for hydroxylation is 2. The molecule has 0 amide bonds. The predicted octanol–water partition coefficient (Wildman–Crippen LogP) is 1.30. The molecule has 5 nitrogen and oxygen atoms in total. The summed E-state index contributed by atoms with van der Waals surface area (Å²) in [5.41, 5.74) is 7.00. The summed E-state index contributed by atoms with van der Waals surface area (Å²) in [6.45, 7) is 2.19. The van der Waals surface area contributed by atoms with E-state index in [1.54, 1.807) is 23.0 Å². The van der Waals surface area contributed by atoms with Crippen LogP contribution in [-0.2, 0) is 16.4 Å². The van der Waals surface area contributed by atoms with Crippen molar-refractivity contribution in [3.63, 3.8) is 0 Å². The lowest BCUT2D eigenvalue weighted by molar-refractivity contribution is 0.580. The number of sulfone groups is 1. The largest absolute Gasteiger partial charge is 0.389 e. The van der Waals surface area contributed by atoms with Crippen molar-refractivity contribution in [2.24, 2.45) is 5.73 Å². The standard InChI is InChI=1S/C13H15N3O2S2/c1-10-6-7-16(15-10)8-9-20(17,18)12-4-2-11(3-5-12)13(14)19/h2-7H,8-9H2,1H3,(H2,14,19). The first-order valence-corrected chi connectivity index (χ1v) is 8.07. The zero-order valence-electron chi connectivity index (χ0n) is 11.0. The van der Waals surface area contributed by atoms with Crippen LogP contribution in [0.1, 0.15) is 11.3 Å².